The molecule has 0 saturated carbocycles. The fraction of sp³-hybridized carbons (Fsp3) is 0.308. The molecule has 16 heavy (non-hydrogen) atoms. The number of fused-ring (bicyclic) bond motifs is 1. The predicted octanol–water partition coefficient (Wildman–Crippen LogP) is -0.988. The summed E-state index contributed by atoms with van der Waals surface area (Å²) in [6, 6.07) is 6.02. The molecule has 2 nitrogen and oxygen atoms in total. The highest BCUT2D eigenvalue weighted by Crippen LogP contribution is 2.04. The van der Waals surface area contributed by atoms with Crippen LogP contribution < -0.4 is 17.0 Å². The van der Waals surface area contributed by atoms with Crippen molar-refractivity contribution in [3.8, 4) is 12.3 Å². The summed E-state index contributed by atoms with van der Waals surface area (Å²) < 4.78 is 4.25. The summed E-state index contributed by atoms with van der Waals surface area (Å²) in [5.41, 5.74) is 2.06. The van der Waals surface area contributed by atoms with Crippen LogP contribution in [0.3, 0.4) is 0 Å². The lowest BCUT2D eigenvalue weighted by Crippen LogP contribution is -3.00. The van der Waals surface area contributed by atoms with E-state index >= 15 is 0 Å². The first-order chi connectivity index (χ1) is 7.35. The minimum Gasteiger partial charge on any atom is -1.00 e. The molecule has 0 unspecified atom stereocenters. The Kier molecular flexibility index (Phi) is 4.39. The summed E-state index contributed by atoms with van der Waals surface area (Å²) >= 11 is 0. The van der Waals surface area contributed by atoms with Crippen LogP contribution in [-0.4, -0.2) is 4.40 Å². The van der Waals surface area contributed by atoms with E-state index in [1.54, 1.807) is 0 Å². The Morgan fingerprint density at radius 1 is 1.44 bits per heavy atom. The average Bonchev–Trinajstić information content (AvgIpc) is 2.68. The first-order valence-corrected chi connectivity index (χ1v) is 5.32. The number of aryl methyl sites for hydroxylation is 1. The highest BCUT2D eigenvalue weighted by Gasteiger charge is 2.08. The maximum atomic E-state index is 5.45. The maximum absolute atomic E-state index is 5.45. The Bertz CT molecular complexity index is 508. The van der Waals surface area contributed by atoms with E-state index in [0.29, 0.717) is 0 Å². The smallest absolute Gasteiger partial charge is 0.250 e. The summed E-state index contributed by atoms with van der Waals surface area (Å²) in [7, 11) is 0. The van der Waals surface area contributed by atoms with E-state index in [9.17, 15) is 0 Å². The Morgan fingerprint density at radius 2 is 2.25 bits per heavy atom. The minimum absolute atomic E-state index is 0. The maximum Gasteiger partial charge on any atom is 0.250 e. The van der Waals surface area contributed by atoms with Crippen molar-refractivity contribution in [2.75, 3.05) is 0 Å². The molecule has 0 amide bonds. The molecule has 0 aliphatic heterocycles. The monoisotopic (exact) mass is 234 g/mol. The molecular formula is C13H15ClN2. The second-order valence-corrected chi connectivity index (χ2v) is 3.69. The van der Waals surface area contributed by atoms with Crippen LogP contribution in [0.5, 0.6) is 0 Å². The van der Waals surface area contributed by atoms with Crippen LogP contribution in [0.15, 0.2) is 30.7 Å². The van der Waals surface area contributed by atoms with Gasteiger partial charge in [-0.05, 0) is 24.5 Å². The van der Waals surface area contributed by atoms with Gasteiger partial charge in [0.05, 0.1) is 6.54 Å². The van der Waals surface area contributed by atoms with Crippen molar-refractivity contribution >= 4 is 5.52 Å². The molecule has 0 spiro atoms. The van der Waals surface area contributed by atoms with E-state index in [1.165, 1.54) is 12.8 Å². The Labute approximate surface area is 102 Å². The molecule has 2 rings (SSSR count). The van der Waals surface area contributed by atoms with E-state index in [4.69, 9.17) is 6.42 Å². The van der Waals surface area contributed by atoms with Crippen LogP contribution in [0.1, 0.15) is 25.5 Å². The van der Waals surface area contributed by atoms with Gasteiger partial charge in [-0.1, -0.05) is 19.4 Å². The first-order valence-electron chi connectivity index (χ1n) is 5.32. The number of rotatable bonds is 3. The lowest BCUT2D eigenvalue weighted by Gasteiger charge is -1.90. The Morgan fingerprint density at radius 3 is 2.94 bits per heavy atom. The fourth-order valence-electron chi connectivity index (χ4n) is 1.70. The van der Waals surface area contributed by atoms with Crippen molar-refractivity contribution in [2.24, 2.45) is 0 Å². The van der Waals surface area contributed by atoms with Crippen molar-refractivity contribution in [3.63, 3.8) is 0 Å². The molecule has 2 aromatic rings. The predicted molar refractivity (Wildman–Crippen MR) is 60.4 cm³/mol. The number of nitrogens with zero attached hydrogens (tertiary/aromatic N) is 2. The summed E-state index contributed by atoms with van der Waals surface area (Å²) in [5.74, 6) is 2.69. The fourth-order valence-corrected chi connectivity index (χ4v) is 1.70. The number of pyridine rings is 1. The second kappa shape index (κ2) is 5.58. The molecular weight excluding hydrogens is 220 g/mol. The number of halogens is 1. The standard InChI is InChI=1S/C13H15N2.ClH/c1-3-5-9-14-10-13-8-6-7-12(4-2)15(13)11-14;/h2,6-8,10-11H,3,5,9H2,1H3;1H/q+1;/p-1. The molecule has 0 bridgehead atoms. The van der Waals surface area contributed by atoms with Gasteiger partial charge in [-0.3, -0.25) is 0 Å². The SMILES string of the molecule is C#Cc1cccc2c[n+](CCCC)cn12.[Cl-]. The highest BCUT2D eigenvalue weighted by molar-refractivity contribution is 5.47. The van der Waals surface area contributed by atoms with E-state index in [-0.39, 0.29) is 12.4 Å². The topological polar surface area (TPSA) is 8.29 Å². The molecule has 0 aliphatic carbocycles. The van der Waals surface area contributed by atoms with Gasteiger partial charge in [0.15, 0.2) is 11.2 Å². The highest BCUT2D eigenvalue weighted by atomic mass is 35.5. The molecule has 0 saturated heterocycles. The van der Waals surface area contributed by atoms with Gasteiger partial charge in [0.25, 0.3) is 0 Å². The van der Waals surface area contributed by atoms with Gasteiger partial charge in [0, 0.05) is 0 Å². The molecule has 0 N–H and O–H groups in total. The van der Waals surface area contributed by atoms with Gasteiger partial charge in [-0.25, -0.2) is 4.57 Å². The summed E-state index contributed by atoms with van der Waals surface area (Å²) in [4.78, 5) is 0. The zero-order valence-corrected chi connectivity index (χ0v) is 10.1. The normalized spacial score (nSPS) is 9.75. The van der Waals surface area contributed by atoms with E-state index < -0.39 is 0 Å². The van der Waals surface area contributed by atoms with Gasteiger partial charge < -0.3 is 12.4 Å². The minimum atomic E-state index is 0. The molecule has 0 aromatic carbocycles. The van der Waals surface area contributed by atoms with Crippen molar-refractivity contribution in [3.05, 3.63) is 36.4 Å². The third-order valence-corrected chi connectivity index (χ3v) is 2.54. The zero-order valence-electron chi connectivity index (χ0n) is 9.36. The summed E-state index contributed by atoms with van der Waals surface area (Å²) in [6.07, 6.45) is 12.1. The Balaban J connectivity index is 0.00000128. The van der Waals surface area contributed by atoms with E-state index in [1.807, 2.05) is 12.1 Å². The molecule has 0 fully saturated rings. The van der Waals surface area contributed by atoms with Crippen molar-refractivity contribution in [1.29, 1.82) is 0 Å². The van der Waals surface area contributed by atoms with Crippen LogP contribution >= 0.6 is 0 Å². The number of imidazole rings is 1. The molecule has 0 radical (unpaired) electrons. The van der Waals surface area contributed by atoms with Gasteiger partial charge in [-0.15, -0.1) is 6.42 Å². The van der Waals surface area contributed by atoms with Gasteiger partial charge in [0.2, 0.25) is 6.33 Å². The third-order valence-electron chi connectivity index (χ3n) is 2.54. The first kappa shape index (κ1) is 12.6. The van der Waals surface area contributed by atoms with Crippen LogP contribution in [0, 0.1) is 12.3 Å². The lowest BCUT2D eigenvalue weighted by atomic mass is 10.3. The lowest BCUT2D eigenvalue weighted by molar-refractivity contribution is -0.695. The second-order valence-electron chi connectivity index (χ2n) is 3.69. The van der Waals surface area contributed by atoms with Crippen LogP contribution in [-0.2, 0) is 6.54 Å². The van der Waals surface area contributed by atoms with Crippen molar-refractivity contribution < 1.29 is 17.0 Å². The van der Waals surface area contributed by atoms with Crippen LogP contribution in [0.4, 0.5) is 0 Å². The van der Waals surface area contributed by atoms with Crippen LogP contribution in [0.2, 0.25) is 0 Å². The third kappa shape index (κ3) is 2.37. The summed E-state index contributed by atoms with van der Waals surface area (Å²) in [5, 5.41) is 0. The number of terminal acetylenes is 1. The number of hydrogen-bond acceptors (Lipinski definition) is 0. The molecule has 84 valence electrons. The molecule has 0 aliphatic rings. The van der Waals surface area contributed by atoms with Crippen molar-refractivity contribution in [2.45, 2.75) is 26.3 Å². The van der Waals surface area contributed by atoms with E-state index in [0.717, 1.165) is 17.8 Å². The average molecular weight is 235 g/mol. The Hall–Kier alpha value is -1.46. The quantitative estimate of drug-likeness (QED) is 0.476. The molecule has 3 heteroatoms. The number of aromatic nitrogens is 2. The van der Waals surface area contributed by atoms with Crippen molar-refractivity contribution in [1.82, 2.24) is 4.40 Å². The summed E-state index contributed by atoms with van der Waals surface area (Å²) in [6.45, 7) is 3.26. The number of hydrogen-bond donors (Lipinski definition) is 0. The molecule has 0 atom stereocenters. The molecule has 2 heterocycles. The van der Waals surface area contributed by atoms with Gasteiger partial charge >= 0.3 is 0 Å². The largest absolute Gasteiger partial charge is 1.00 e. The van der Waals surface area contributed by atoms with Gasteiger partial charge in [-0.2, -0.15) is 4.40 Å². The van der Waals surface area contributed by atoms with Crippen LogP contribution in [0.25, 0.3) is 5.52 Å². The molecule has 2 aromatic heterocycles. The number of unbranched alkanes of at least 4 members (excludes halogenated alkanes) is 1. The zero-order chi connectivity index (χ0) is 10.7. The van der Waals surface area contributed by atoms with E-state index in [2.05, 4.69) is 40.4 Å². The van der Waals surface area contributed by atoms with Gasteiger partial charge in [0.1, 0.15) is 6.20 Å².